The molecule has 1 aliphatic carbocycles. The Morgan fingerprint density at radius 2 is 1.79 bits per heavy atom. The van der Waals surface area contributed by atoms with Crippen LogP contribution in [0.2, 0.25) is 0 Å². The van der Waals surface area contributed by atoms with Gasteiger partial charge in [-0.2, -0.15) is 0 Å². The molecule has 131 valence electrons. The van der Waals surface area contributed by atoms with Crippen LogP contribution >= 0.6 is 0 Å². The van der Waals surface area contributed by atoms with Crippen LogP contribution in [0.5, 0.6) is 0 Å². The van der Waals surface area contributed by atoms with E-state index in [-0.39, 0.29) is 24.8 Å². The third-order valence-corrected chi connectivity index (χ3v) is 4.54. The average molecular weight is 402 g/mol. The summed E-state index contributed by atoms with van der Waals surface area (Å²) in [4.78, 5) is 2.23. The molecule has 0 unspecified atom stereocenters. The summed E-state index contributed by atoms with van der Waals surface area (Å²) in [5.41, 5.74) is 5.79. The van der Waals surface area contributed by atoms with Crippen LogP contribution in [0.3, 0.4) is 0 Å². The van der Waals surface area contributed by atoms with Gasteiger partial charge in [0, 0.05) is 0 Å². The number of halogens is 2. The van der Waals surface area contributed by atoms with E-state index in [4.69, 9.17) is 0 Å². The minimum atomic E-state index is 0. The topological polar surface area (TPSA) is 6.48 Å². The van der Waals surface area contributed by atoms with Crippen LogP contribution in [0.25, 0.3) is 5.57 Å². The Kier molecular flexibility index (Phi) is 12.3. The van der Waals surface area contributed by atoms with Gasteiger partial charge in [0.25, 0.3) is 0 Å². The van der Waals surface area contributed by atoms with E-state index in [1.165, 1.54) is 41.7 Å². The van der Waals surface area contributed by atoms with Crippen molar-refractivity contribution in [3.8, 4) is 0 Å². The second kappa shape index (κ2) is 12.3. The van der Waals surface area contributed by atoms with E-state index in [1.54, 1.807) is 0 Å². The molecule has 1 aliphatic rings. The second-order valence-corrected chi connectivity index (χ2v) is 7.31. The number of allylic oxidation sites excluding steroid dienone is 2. The van der Waals surface area contributed by atoms with E-state index in [2.05, 4.69) is 86.4 Å². The fourth-order valence-electron chi connectivity index (χ4n) is 2.85. The van der Waals surface area contributed by atoms with Crippen molar-refractivity contribution in [2.24, 2.45) is 0 Å². The summed E-state index contributed by atoms with van der Waals surface area (Å²) >= 11 is 2.23. The van der Waals surface area contributed by atoms with Gasteiger partial charge in [-0.25, -0.2) is 0 Å². The molecule has 0 atom stereocenters. The van der Waals surface area contributed by atoms with E-state index in [0.29, 0.717) is 0 Å². The van der Waals surface area contributed by atoms with Crippen LogP contribution in [0, 0.1) is 0 Å². The van der Waals surface area contributed by atoms with E-state index in [0.717, 1.165) is 19.5 Å². The molecule has 5 heteroatoms. The van der Waals surface area contributed by atoms with Gasteiger partial charge in [-0.05, 0) is 0 Å². The van der Waals surface area contributed by atoms with Crippen molar-refractivity contribution >= 4 is 5.57 Å². The van der Waals surface area contributed by atoms with Gasteiger partial charge in [0.1, 0.15) is 0 Å². The Hall–Kier alpha value is -0.0857. The summed E-state index contributed by atoms with van der Waals surface area (Å²) in [5, 5.41) is 0. The molecule has 0 heterocycles. The summed E-state index contributed by atoms with van der Waals surface area (Å²) in [6, 6.07) is 8.88. The molecule has 0 N–H and O–H groups in total. The Morgan fingerprint density at radius 1 is 1.08 bits per heavy atom. The predicted molar refractivity (Wildman–Crippen MR) is 91.0 cm³/mol. The molecule has 1 aromatic rings. The maximum absolute atomic E-state index is 2.44. The number of nitrogens with zero attached hydrogens (tertiary/aromatic N) is 2. The van der Waals surface area contributed by atoms with Gasteiger partial charge >= 0.3 is 148 Å². The number of unbranched alkanes of at least 4 members (excludes halogenated alkanes) is 1. The molecule has 0 spiro atoms. The Morgan fingerprint density at radius 3 is 2.46 bits per heavy atom. The Bertz CT molecular complexity index is 556. The Balaban J connectivity index is 0.00000264. The van der Waals surface area contributed by atoms with Crippen LogP contribution in [0.1, 0.15) is 37.3 Å². The standard InChI is InChI=1S/C19H27N2.2ClH.Ti/c1-4-5-12-20-14-18-8-6-7-9-19(18)17-11-10-16(13-17)15-21(2)3;;;/h6-10,13H,4-5,11-12,14-15H2,1-3H3;2*1H;/q-1;;;+3/p-2. The monoisotopic (exact) mass is 401 g/mol. The molecule has 0 amide bonds. The first-order valence-electron chi connectivity index (χ1n) is 8.19. The maximum Gasteiger partial charge on any atom is -1.00 e. The van der Waals surface area contributed by atoms with Crippen LogP contribution in [0.15, 0.2) is 42.0 Å². The quantitative estimate of drug-likeness (QED) is 0.466. The number of hydrogen-bond acceptors (Lipinski definition) is 2. The fraction of sp³-hybridized carbons (Fsp3) is 0.474. The molecule has 0 aliphatic heterocycles. The van der Waals surface area contributed by atoms with Gasteiger partial charge in [0.05, 0.1) is 0 Å². The SMILES string of the molecule is CCCC[N]([Ti+2])Cc1ccccc1C1=CC(CN(C)C)=CC1.[Cl-].[Cl-]. The summed E-state index contributed by atoms with van der Waals surface area (Å²) < 4.78 is 2.44. The molecule has 24 heavy (non-hydrogen) atoms. The molecule has 0 fully saturated rings. The van der Waals surface area contributed by atoms with E-state index in [1.807, 2.05) is 0 Å². The van der Waals surface area contributed by atoms with Gasteiger partial charge in [-0.3, -0.25) is 0 Å². The minimum Gasteiger partial charge on any atom is -1.00 e. The molecular weight excluding hydrogens is 375 g/mol. The van der Waals surface area contributed by atoms with Crippen molar-refractivity contribution in [2.45, 2.75) is 32.7 Å². The molecular formula is C19H27Cl2N2Ti. The first-order chi connectivity index (χ1) is 10.6. The van der Waals surface area contributed by atoms with Crippen LogP contribution in [0.4, 0.5) is 0 Å². The third-order valence-electron chi connectivity index (χ3n) is 3.95. The van der Waals surface area contributed by atoms with E-state index < -0.39 is 0 Å². The molecule has 2 nitrogen and oxygen atoms in total. The number of hydrogen-bond donors (Lipinski definition) is 0. The normalized spacial score (nSPS) is 13.5. The Labute approximate surface area is 171 Å². The molecule has 0 bridgehead atoms. The zero-order valence-electron chi connectivity index (χ0n) is 14.9. The third kappa shape index (κ3) is 7.43. The summed E-state index contributed by atoms with van der Waals surface area (Å²) in [6.45, 7) is 5.50. The van der Waals surface area contributed by atoms with Gasteiger partial charge in [0.2, 0.25) is 0 Å². The predicted octanol–water partition coefficient (Wildman–Crippen LogP) is -1.97. The second-order valence-electron chi connectivity index (χ2n) is 6.32. The number of likely N-dealkylation sites (N-methyl/N-ethyl adjacent to an activating group) is 1. The van der Waals surface area contributed by atoms with Crippen LogP contribution in [-0.2, 0) is 27.2 Å². The van der Waals surface area contributed by atoms with Crippen molar-refractivity contribution in [3.63, 3.8) is 0 Å². The average Bonchev–Trinajstić information content (AvgIpc) is 2.93. The summed E-state index contributed by atoms with van der Waals surface area (Å²) in [7, 11) is 4.26. The summed E-state index contributed by atoms with van der Waals surface area (Å²) in [6.07, 6.45) is 8.35. The zero-order chi connectivity index (χ0) is 15.9. The smallest absolute Gasteiger partial charge is 1.00 e. The summed E-state index contributed by atoms with van der Waals surface area (Å²) in [5.74, 6) is 0. The van der Waals surface area contributed by atoms with Crippen molar-refractivity contribution in [3.05, 3.63) is 53.1 Å². The maximum atomic E-state index is 2.44. The number of rotatable bonds is 8. The van der Waals surface area contributed by atoms with Gasteiger partial charge < -0.3 is 24.8 Å². The molecule has 1 aromatic carbocycles. The molecule has 0 radical (unpaired) electrons. The molecule has 0 saturated carbocycles. The van der Waals surface area contributed by atoms with Crippen molar-refractivity contribution in [1.29, 1.82) is 0 Å². The zero-order valence-corrected chi connectivity index (χ0v) is 17.9. The van der Waals surface area contributed by atoms with Gasteiger partial charge in [-0.15, -0.1) is 0 Å². The molecule has 0 saturated heterocycles. The van der Waals surface area contributed by atoms with E-state index >= 15 is 0 Å². The molecule has 0 aromatic heterocycles. The first kappa shape index (κ1) is 23.9. The molecule has 2 rings (SSSR count). The van der Waals surface area contributed by atoms with Crippen molar-refractivity contribution in [2.75, 3.05) is 27.2 Å². The van der Waals surface area contributed by atoms with E-state index in [9.17, 15) is 0 Å². The van der Waals surface area contributed by atoms with Crippen LogP contribution < -0.4 is 24.8 Å². The minimum absolute atomic E-state index is 0. The largest absolute Gasteiger partial charge is 1.00 e. The van der Waals surface area contributed by atoms with Crippen molar-refractivity contribution in [1.82, 2.24) is 8.28 Å². The van der Waals surface area contributed by atoms with Crippen molar-refractivity contribution < 1.29 is 45.5 Å². The first-order valence-corrected chi connectivity index (χ1v) is 8.88. The van der Waals surface area contributed by atoms with Gasteiger partial charge in [0.15, 0.2) is 0 Å². The van der Waals surface area contributed by atoms with Gasteiger partial charge in [-0.1, -0.05) is 0 Å². The fourth-order valence-corrected chi connectivity index (χ4v) is 3.36. The number of benzene rings is 1. The van der Waals surface area contributed by atoms with Crippen LogP contribution in [-0.4, -0.2) is 35.5 Å².